The van der Waals surface area contributed by atoms with Gasteiger partial charge in [-0.3, -0.25) is 10.1 Å². The van der Waals surface area contributed by atoms with Gasteiger partial charge in [0.1, 0.15) is 11.6 Å². The molecule has 1 saturated heterocycles. The van der Waals surface area contributed by atoms with E-state index in [1.54, 1.807) is 6.07 Å². The van der Waals surface area contributed by atoms with E-state index in [2.05, 4.69) is 34.1 Å². The average molecular weight is 293 g/mol. The number of nitro groups is 1. The minimum Gasteiger partial charge on any atom is -0.370 e. The van der Waals surface area contributed by atoms with E-state index in [-0.39, 0.29) is 16.7 Å². The first-order valence-electron chi connectivity index (χ1n) is 7.36. The second-order valence-electron chi connectivity index (χ2n) is 5.56. The van der Waals surface area contributed by atoms with Gasteiger partial charge in [-0.1, -0.05) is 6.92 Å². The number of anilines is 2. The lowest BCUT2D eigenvalue weighted by molar-refractivity contribution is -0.384. The van der Waals surface area contributed by atoms with Crippen LogP contribution in [0.5, 0.6) is 0 Å². The Labute approximate surface area is 125 Å². The third-order valence-electron chi connectivity index (χ3n) is 3.69. The van der Waals surface area contributed by atoms with Crippen molar-refractivity contribution in [1.29, 1.82) is 0 Å². The van der Waals surface area contributed by atoms with Crippen LogP contribution >= 0.6 is 0 Å². The summed E-state index contributed by atoms with van der Waals surface area (Å²) in [7, 11) is 2.09. The lowest BCUT2D eigenvalue weighted by Crippen LogP contribution is -2.50. The summed E-state index contributed by atoms with van der Waals surface area (Å²) in [4.78, 5) is 19.7. The molecule has 0 aromatic carbocycles. The molecule has 7 heteroatoms. The van der Waals surface area contributed by atoms with E-state index in [4.69, 9.17) is 0 Å². The van der Waals surface area contributed by atoms with E-state index in [1.165, 1.54) is 6.07 Å². The largest absolute Gasteiger partial charge is 0.370 e. The quantitative estimate of drug-likeness (QED) is 0.660. The van der Waals surface area contributed by atoms with Crippen LogP contribution in [0, 0.1) is 10.1 Å². The van der Waals surface area contributed by atoms with Gasteiger partial charge in [-0.15, -0.1) is 0 Å². The van der Waals surface area contributed by atoms with Gasteiger partial charge in [0.15, 0.2) is 0 Å². The number of nitrogens with zero attached hydrogens (tertiary/aromatic N) is 4. The molecular weight excluding hydrogens is 270 g/mol. The monoisotopic (exact) mass is 293 g/mol. The summed E-state index contributed by atoms with van der Waals surface area (Å²) in [6, 6.07) is 3.36. The van der Waals surface area contributed by atoms with Gasteiger partial charge in [-0.2, -0.15) is 0 Å². The minimum atomic E-state index is -0.358. The van der Waals surface area contributed by atoms with E-state index in [0.717, 1.165) is 32.6 Å². The number of likely N-dealkylation sites (N-methyl/N-ethyl adjacent to an activating group) is 1. The second-order valence-corrected chi connectivity index (χ2v) is 5.56. The zero-order valence-electron chi connectivity index (χ0n) is 12.9. The standard InChI is InChI=1S/C14H23N5O2/c1-4-5-15-13-8-12(19(20)21)9-14(16-13)18-7-6-17(3)10-11(18)2/h8-9,11H,4-7,10H2,1-3H3,(H,15,16). The molecule has 1 N–H and O–H groups in total. The lowest BCUT2D eigenvalue weighted by Gasteiger charge is -2.39. The molecule has 7 nitrogen and oxygen atoms in total. The van der Waals surface area contributed by atoms with E-state index < -0.39 is 0 Å². The Morgan fingerprint density at radius 2 is 2.24 bits per heavy atom. The van der Waals surface area contributed by atoms with Crippen molar-refractivity contribution in [3.05, 3.63) is 22.2 Å². The van der Waals surface area contributed by atoms with E-state index in [9.17, 15) is 10.1 Å². The molecule has 0 bridgehead atoms. The smallest absolute Gasteiger partial charge is 0.276 e. The maximum absolute atomic E-state index is 11.1. The van der Waals surface area contributed by atoms with Crippen molar-refractivity contribution in [1.82, 2.24) is 9.88 Å². The third kappa shape index (κ3) is 3.81. The summed E-state index contributed by atoms with van der Waals surface area (Å²) in [5.74, 6) is 1.26. The lowest BCUT2D eigenvalue weighted by atomic mass is 10.2. The van der Waals surface area contributed by atoms with Gasteiger partial charge in [0, 0.05) is 32.2 Å². The fourth-order valence-electron chi connectivity index (χ4n) is 2.58. The van der Waals surface area contributed by atoms with Crippen LogP contribution in [0.3, 0.4) is 0 Å². The molecule has 116 valence electrons. The van der Waals surface area contributed by atoms with Crippen LogP contribution in [-0.4, -0.2) is 54.1 Å². The fraction of sp³-hybridized carbons (Fsp3) is 0.643. The molecule has 1 unspecified atom stereocenters. The molecule has 21 heavy (non-hydrogen) atoms. The predicted octanol–water partition coefficient (Wildman–Crippen LogP) is 1.95. The summed E-state index contributed by atoms with van der Waals surface area (Å²) < 4.78 is 0. The molecule has 0 aliphatic carbocycles. The number of rotatable bonds is 5. The third-order valence-corrected chi connectivity index (χ3v) is 3.69. The van der Waals surface area contributed by atoms with Crippen LogP contribution in [0.1, 0.15) is 20.3 Å². The van der Waals surface area contributed by atoms with Crippen molar-refractivity contribution in [3.63, 3.8) is 0 Å². The molecule has 1 fully saturated rings. The Morgan fingerprint density at radius 1 is 1.48 bits per heavy atom. The molecule has 0 saturated carbocycles. The Bertz CT molecular complexity index is 508. The Morgan fingerprint density at radius 3 is 2.86 bits per heavy atom. The number of aromatic nitrogens is 1. The van der Waals surface area contributed by atoms with Crippen LogP contribution < -0.4 is 10.2 Å². The summed E-state index contributed by atoms with van der Waals surface area (Å²) in [6.45, 7) is 7.63. The minimum absolute atomic E-state index is 0.0877. The number of hydrogen-bond acceptors (Lipinski definition) is 6. The molecule has 1 aromatic heterocycles. The van der Waals surface area contributed by atoms with Crippen molar-refractivity contribution in [2.75, 3.05) is 43.4 Å². The summed E-state index contributed by atoms with van der Waals surface area (Å²) in [6.07, 6.45) is 0.949. The van der Waals surface area contributed by atoms with Gasteiger partial charge in [-0.05, 0) is 20.4 Å². The molecule has 1 atom stereocenters. The van der Waals surface area contributed by atoms with Crippen LogP contribution in [0.2, 0.25) is 0 Å². The van der Waals surface area contributed by atoms with Gasteiger partial charge >= 0.3 is 0 Å². The van der Waals surface area contributed by atoms with Crippen LogP contribution in [0.4, 0.5) is 17.3 Å². The summed E-state index contributed by atoms with van der Waals surface area (Å²) >= 11 is 0. The van der Waals surface area contributed by atoms with Gasteiger partial charge in [0.05, 0.1) is 17.1 Å². The molecule has 2 rings (SSSR count). The average Bonchev–Trinajstić information content (AvgIpc) is 2.44. The van der Waals surface area contributed by atoms with Crippen LogP contribution in [-0.2, 0) is 0 Å². The zero-order chi connectivity index (χ0) is 15.4. The van der Waals surface area contributed by atoms with Crippen molar-refractivity contribution in [2.45, 2.75) is 26.3 Å². The number of piperazine rings is 1. The molecule has 0 spiro atoms. The molecule has 1 aromatic rings. The molecule has 1 aliphatic rings. The van der Waals surface area contributed by atoms with Crippen molar-refractivity contribution >= 4 is 17.3 Å². The maximum atomic E-state index is 11.1. The molecular formula is C14H23N5O2. The number of pyridine rings is 1. The van der Waals surface area contributed by atoms with Gasteiger partial charge in [-0.25, -0.2) is 4.98 Å². The Kier molecular flexibility index (Phi) is 4.95. The van der Waals surface area contributed by atoms with E-state index >= 15 is 0 Å². The summed E-state index contributed by atoms with van der Waals surface area (Å²) in [5, 5.41) is 14.3. The fourth-order valence-corrected chi connectivity index (χ4v) is 2.58. The van der Waals surface area contributed by atoms with Gasteiger partial charge in [0.2, 0.25) is 0 Å². The predicted molar refractivity (Wildman–Crippen MR) is 84.0 cm³/mol. The number of nitrogens with one attached hydrogen (secondary N) is 1. The normalized spacial score (nSPS) is 19.6. The molecule has 0 radical (unpaired) electrons. The molecule has 2 heterocycles. The van der Waals surface area contributed by atoms with Gasteiger partial charge < -0.3 is 15.1 Å². The number of hydrogen-bond donors (Lipinski definition) is 1. The first-order chi connectivity index (χ1) is 10.0. The van der Waals surface area contributed by atoms with Gasteiger partial charge in [0.25, 0.3) is 5.69 Å². The van der Waals surface area contributed by atoms with Crippen molar-refractivity contribution in [2.24, 2.45) is 0 Å². The molecule has 0 amide bonds. The van der Waals surface area contributed by atoms with Crippen LogP contribution in [0.15, 0.2) is 12.1 Å². The summed E-state index contributed by atoms with van der Waals surface area (Å²) in [5.41, 5.74) is 0.0877. The van der Waals surface area contributed by atoms with Crippen molar-refractivity contribution < 1.29 is 4.92 Å². The first kappa shape index (κ1) is 15.5. The highest BCUT2D eigenvalue weighted by atomic mass is 16.6. The topological polar surface area (TPSA) is 74.5 Å². The first-order valence-corrected chi connectivity index (χ1v) is 7.36. The van der Waals surface area contributed by atoms with E-state index in [1.807, 2.05) is 6.92 Å². The SMILES string of the molecule is CCCNc1cc([N+](=O)[O-])cc(N2CCN(C)CC2C)n1. The zero-order valence-corrected chi connectivity index (χ0v) is 12.9. The Hall–Kier alpha value is -1.89. The van der Waals surface area contributed by atoms with E-state index in [0.29, 0.717) is 11.6 Å². The van der Waals surface area contributed by atoms with Crippen LogP contribution in [0.25, 0.3) is 0 Å². The highest BCUT2D eigenvalue weighted by Gasteiger charge is 2.24. The second kappa shape index (κ2) is 6.71. The van der Waals surface area contributed by atoms with Crippen molar-refractivity contribution in [3.8, 4) is 0 Å². The molecule has 1 aliphatic heterocycles. The Balaban J connectivity index is 2.28. The highest BCUT2D eigenvalue weighted by molar-refractivity contribution is 5.56. The maximum Gasteiger partial charge on any atom is 0.276 e. The highest BCUT2D eigenvalue weighted by Crippen LogP contribution is 2.26.